The summed E-state index contributed by atoms with van der Waals surface area (Å²) in [5, 5.41) is 0. The van der Waals surface area contributed by atoms with Crippen molar-refractivity contribution in [1.82, 2.24) is 8.68 Å². The van der Waals surface area contributed by atoms with Gasteiger partial charge >= 0.3 is 0 Å². The minimum Gasteiger partial charge on any atom is -0.338 e. The fourth-order valence-electron chi connectivity index (χ4n) is 1.01. The first-order valence-corrected chi connectivity index (χ1v) is 4.83. The van der Waals surface area contributed by atoms with Crippen molar-refractivity contribution in [3.63, 3.8) is 0 Å². The highest BCUT2D eigenvalue weighted by Crippen LogP contribution is 2.33. The van der Waals surface area contributed by atoms with Crippen molar-refractivity contribution in [3.05, 3.63) is 49.1 Å². The molecule has 0 unspecified atom stereocenters. The minimum absolute atomic E-state index is 1.26. The van der Waals surface area contributed by atoms with Crippen LogP contribution in [0.3, 0.4) is 0 Å². The molecule has 0 aliphatic carbocycles. The second-order valence-corrected chi connectivity index (χ2v) is 3.85. The van der Waals surface area contributed by atoms with Crippen molar-refractivity contribution in [1.29, 1.82) is 0 Å². The van der Waals surface area contributed by atoms with E-state index in [0.717, 1.165) is 0 Å². The molecule has 0 aliphatic rings. The Bertz CT molecular complexity index is 294. The Hall–Kier alpha value is -1.05. The van der Waals surface area contributed by atoms with E-state index in [1.54, 1.807) is 8.68 Å². The van der Waals surface area contributed by atoms with Gasteiger partial charge in [0.2, 0.25) is 0 Å². The highest BCUT2D eigenvalue weighted by molar-refractivity contribution is 7.48. The van der Waals surface area contributed by atoms with Crippen molar-refractivity contribution in [3.8, 4) is 0 Å². The van der Waals surface area contributed by atoms with Crippen LogP contribution in [0.1, 0.15) is 0 Å². The monoisotopic (exact) mass is 180 g/mol. The lowest BCUT2D eigenvalue weighted by Crippen LogP contribution is -1.94. The maximum absolute atomic E-state index is 9.76. The van der Waals surface area contributed by atoms with Gasteiger partial charge in [0.05, 0.1) is 0 Å². The van der Waals surface area contributed by atoms with E-state index < -0.39 is 8.45 Å². The summed E-state index contributed by atoms with van der Waals surface area (Å²) in [7, 11) is -1.26. The fourth-order valence-corrected chi connectivity index (χ4v) is 2.03. The van der Waals surface area contributed by atoms with Crippen LogP contribution in [0.2, 0.25) is 0 Å². The molecule has 1 N–H and O–H groups in total. The first kappa shape index (κ1) is 7.59. The molecule has 4 heteroatoms. The smallest absolute Gasteiger partial charge is 0.253 e. The maximum Gasteiger partial charge on any atom is 0.253 e. The number of hydrogen-bond acceptors (Lipinski definition) is 1. The molecule has 0 saturated heterocycles. The molecule has 0 radical (unpaired) electrons. The molecule has 2 heterocycles. The van der Waals surface area contributed by atoms with Gasteiger partial charge in [-0.2, -0.15) is 0 Å². The molecular weight excluding hydrogens is 171 g/mol. The Kier molecular flexibility index (Phi) is 1.98. The zero-order valence-corrected chi connectivity index (χ0v) is 7.30. The van der Waals surface area contributed by atoms with E-state index in [1.807, 2.05) is 49.1 Å². The average Bonchev–Trinajstić information content (AvgIpc) is 2.77. The summed E-state index contributed by atoms with van der Waals surface area (Å²) in [4.78, 5) is 9.76. The highest BCUT2D eigenvalue weighted by atomic mass is 31.2. The summed E-state index contributed by atoms with van der Waals surface area (Å²) in [6.45, 7) is 0. The molecule has 2 aromatic rings. The van der Waals surface area contributed by atoms with Gasteiger partial charge in [0.25, 0.3) is 8.45 Å². The molecular formula is C8H9N2OP. The Balaban J connectivity index is 2.27. The Labute approximate surface area is 71.8 Å². The standard InChI is InChI=1S/C8H9N2OP/c11-12(9-5-1-2-6-9)10-7-3-4-8-10/h1-8,11H. The third-order valence-electron chi connectivity index (χ3n) is 1.59. The molecule has 0 bridgehead atoms. The molecule has 0 aliphatic heterocycles. The lowest BCUT2D eigenvalue weighted by atomic mass is 10.7. The third-order valence-corrected chi connectivity index (χ3v) is 2.95. The van der Waals surface area contributed by atoms with Gasteiger partial charge in [0, 0.05) is 24.8 Å². The van der Waals surface area contributed by atoms with E-state index in [-0.39, 0.29) is 0 Å². The molecule has 0 fully saturated rings. The topological polar surface area (TPSA) is 30.1 Å². The van der Waals surface area contributed by atoms with Crippen LogP contribution in [0.5, 0.6) is 0 Å². The van der Waals surface area contributed by atoms with Gasteiger partial charge in [-0.15, -0.1) is 0 Å². The molecule has 0 saturated carbocycles. The lowest BCUT2D eigenvalue weighted by Gasteiger charge is -2.11. The van der Waals surface area contributed by atoms with E-state index in [1.165, 1.54) is 0 Å². The molecule has 0 aromatic carbocycles. The van der Waals surface area contributed by atoms with Crippen LogP contribution in [0.15, 0.2) is 49.1 Å². The largest absolute Gasteiger partial charge is 0.338 e. The van der Waals surface area contributed by atoms with Crippen molar-refractivity contribution < 1.29 is 4.89 Å². The minimum atomic E-state index is -1.26. The van der Waals surface area contributed by atoms with Crippen molar-refractivity contribution in [2.45, 2.75) is 0 Å². The van der Waals surface area contributed by atoms with Crippen LogP contribution in [0, 0.1) is 0 Å². The molecule has 2 aromatic heterocycles. The maximum atomic E-state index is 9.76. The van der Waals surface area contributed by atoms with Gasteiger partial charge < -0.3 is 4.89 Å². The van der Waals surface area contributed by atoms with E-state index in [9.17, 15) is 4.89 Å². The van der Waals surface area contributed by atoms with Crippen LogP contribution >= 0.6 is 8.45 Å². The van der Waals surface area contributed by atoms with E-state index in [0.29, 0.717) is 0 Å². The second-order valence-electron chi connectivity index (χ2n) is 2.39. The summed E-state index contributed by atoms with van der Waals surface area (Å²) in [5.41, 5.74) is 0. The van der Waals surface area contributed by atoms with Crippen molar-refractivity contribution in [2.24, 2.45) is 0 Å². The van der Waals surface area contributed by atoms with Gasteiger partial charge in [0.1, 0.15) is 0 Å². The Morgan fingerprint density at radius 2 is 1.08 bits per heavy atom. The second kappa shape index (κ2) is 3.13. The van der Waals surface area contributed by atoms with Crippen LogP contribution in [0.25, 0.3) is 0 Å². The number of aromatic nitrogens is 2. The van der Waals surface area contributed by atoms with Crippen LogP contribution in [-0.4, -0.2) is 13.6 Å². The lowest BCUT2D eigenvalue weighted by molar-refractivity contribution is 0.601. The molecule has 0 spiro atoms. The Morgan fingerprint density at radius 1 is 0.750 bits per heavy atom. The zero-order valence-electron chi connectivity index (χ0n) is 6.41. The van der Waals surface area contributed by atoms with Crippen LogP contribution < -0.4 is 0 Å². The SMILES string of the molecule is OP(n1cccc1)n1cccc1. The third kappa shape index (κ3) is 1.29. The summed E-state index contributed by atoms with van der Waals surface area (Å²) in [6.07, 6.45) is 7.41. The molecule has 62 valence electrons. The zero-order chi connectivity index (χ0) is 8.39. The normalized spacial score (nSPS) is 10.8. The van der Waals surface area contributed by atoms with E-state index in [2.05, 4.69) is 0 Å². The molecule has 3 nitrogen and oxygen atoms in total. The highest BCUT2D eigenvalue weighted by Gasteiger charge is 2.05. The van der Waals surface area contributed by atoms with Crippen LogP contribution in [-0.2, 0) is 0 Å². The van der Waals surface area contributed by atoms with Crippen molar-refractivity contribution in [2.75, 3.05) is 0 Å². The van der Waals surface area contributed by atoms with Crippen molar-refractivity contribution >= 4 is 8.45 Å². The van der Waals surface area contributed by atoms with Gasteiger partial charge in [-0.25, -0.2) is 0 Å². The van der Waals surface area contributed by atoms with Gasteiger partial charge in [-0.1, -0.05) is 0 Å². The first-order valence-electron chi connectivity index (χ1n) is 3.63. The quantitative estimate of drug-likeness (QED) is 0.703. The summed E-state index contributed by atoms with van der Waals surface area (Å²) < 4.78 is 3.57. The molecule has 0 atom stereocenters. The average molecular weight is 180 g/mol. The predicted molar refractivity (Wildman–Crippen MR) is 48.8 cm³/mol. The number of nitrogens with zero attached hydrogens (tertiary/aromatic N) is 2. The summed E-state index contributed by atoms with van der Waals surface area (Å²) in [5.74, 6) is 0. The fraction of sp³-hybridized carbons (Fsp3) is 0. The number of hydrogen-bond donors (Lipinski definition) is 1. The number of rotatable bonds is 2. The predicted octanol–water partition coefficient (Wildman–Crippen LogP) is 1.91. The van der Waals surface area contributed by atoms with Gasteiger partial charge in [0.15, 0.2) is 0 Å². The van der Waals surface area contributed by atoms with Gasteiger partial charge in [-0.05, 0) is 24.3 Å². The summed E-state index contributed by atoms with van der Waals surface area (Å²) >= 11 is 0. The van der Waals surface area contributed by atoms with E-state index >= 15 is 0 Å². The van der Waals surface area contributed by atoms with Gasteiger partial charge in [-0.3, -0.25) is 8.68 Å². The molecule has 0 amide bonds. The molecule has 2 rings (SSSR count). The Morgan fingerprint density at radius 3 is 1.42 bits per heavy atom. The van der Waals surface area contributed by atoms with Crippen LogP contribution in [0.4, 0.5) is 0 Å². The van der Waals surface area contributed by atoms with E-state index in [4.69, 9.17) is 0 Å². The first-order chi connectivity index (χ1) is 5.88. The molecule has 12 heavy (non-hydrogen) atoms. The summed E-state index contributed by atoms with van der Waals surface area (Å²) in [6, 6.07) is 7.59.